The first-order valence-corrected chi connectivity index (χ1v) is 5.45. The van der Waals surface area contributed by atoms with Crippen molar-refractivity contribution in [2.45, 2.75) is 25.8 Å². The Labute approximate surface area is 91.1 Å². The van der Waals surface area contributed by atoms with Gasteiger partial charge in [0.05, 0.1) is 6.67 Å². The van der Waals surface area contributed by atoms with Gasteiger partial charge in [0.2, 0.25) is 0 Å². The van der Waals surface area contributed by atoms with Crippen molar-refractivity contribution >= 4 is 0 Å². The summed E-state index contributed by atoms with van der Waals surface area (Å²) in [4.78, 5) is 6.21. The van der Waals surface area contributed by atoms with Crippen molar-refractivity contribution in [1.82, 2.24) is 9.88 Å². The monoisotopic (exact) mass is 210 g/mol. The average Bonchev–Trinajstić information content (AvgIpc) is 2.29. The van der Waals surface area contributed by atoms with E-state index in [0.717, 1.165) is 13.0 Å². The molecule has 0 aromatic carbocycles. The van der Waals surface area contributed by atoms with E-state index < -0.39 is 0 Å². The zero-order chi connectivity index (χ0) is 11.1. The van der Waals surface area contributed by atoms with Gasteiger partial charge in [0.25, 0.3) is 0 Å². The molecule has 0 aliphatic carbocycles. The van der Waals surface area contributed by atoms with Crippen molar-refractivity contribution in [3.63, 3.8) is 0 Å². The van der Waals surface area contributed by atoms with E-state index in [1.165, 1.54) is 5.56 Å². The highest BCUT2D eigenvalue weighted by Crippen LogP contribution is 2.21. The van der Waals surface area contributed by atoms with Crippen LogP contribution >= 0.6 is 0 Å². The summed E-state index contributed by atoms with van der Waals surface area (Å²) in [7, 11) is 2.05. The van der Waals surface area contributed by atoms with Gasteiger partial charge in [-0.3, -0.25) is 14.3 Å². The van der Waals surface area contributed by atoms with Gasteiger partial charge in [-0.1, -0.05) is 6.92 Å². The molecular weight excluding hydrogens is 191 g/mol. The van der Waals surface area contributed by atoms with Crippen molar-refractivity contribution in [1.29, 1.82) is 0 Å². The fourth-order valence-electron chi connectivity index (χ4n) is 1.85. The van der Waals surface area contributed by atoms with E-state index in [1.54, 1.807) is 12.4 Å². The molecule has 1 aromatic heterocycles. The number of pyridine rings is 1. The molecule has 1 rings (SSSR count). The smallest absolute Gasteiger partial charge is 0.0906 e. The molecule has 84 valence electrons. The highest BCUT2D eigenvalue weighted by Gasteiger charge is 2.13. The maximum absolute atomic E-state index is 12.1. The van der Waals surface area contributed by atoms with E-state index in [-0.39, 0.29) is 6.67 Å². The quantitative estimate of drug-likeness (QED) is 0.717. The predicted octanol–water partition coefficient (Wildman–Crippen LogP) is 2.82. The molecule has 1 heterocycles. The molecule has 0 N–H and O–H groups in total. The Morgan fingerprint density at radius 2 is 2.07 bits per heavy atom. The fourth-order valence-corrected chi connectivity index (χ4v) is 1.85. The Bertz CT molecular complexity index is 264. The van der Waals surface area contributed by atoms with Crippen LogP contribution in [0.15, 0.2) is 24.5 Å². The molecule has 0 aliphatic heterocycles. The standard InChI is InChI=1S/C12H19FN2/c1-3-12(15(2)10-4-7-13)11-5-8-14-9-6-11/h5-6,8-9,12H,3-4,7,10H2,1-2H3/t12-/m1/s1. The van der Waals surface area contributed by atoms with Crippen molar-refractivity contribution in [2.24, 2.45) is 0 Å². The lowest BCUT2D eigenvalue weighted by atomic mass is 10.0. The SMILES string of the molecule is CC[C@H](c1ccncc1)N(C)CCCF. The highest BCUT2D eigenvalue weighted by atomic mass is 19.1. The van der Waals surface area contributed by atoms with E-state index in [4.69, 9.17) is 0 Å². The summed E-state index contributed by atoms with van der Waals surface area (Å²) >= 11 is 0. The summed E-state index contributed by atoms with van der Waals surface area (Å²) in [5.74, 6) is 0. The van der Waals surface area contributed by atoms with Gasteiger partial charge in [0.1, 0.15) is 0 Å². The zero-order valence-corrected chi connectivity index (χ0v) is 9.49. The first kappa shape index (κ1) is 12.1. The zero-order valence-electron chi connectivity index (χ0n) is 9.49. The van der Waals surface area contributed by atoms with Gasteiger partial charge in [0.15, 0.2) is 0 Å². The molecule has 0 radical (unpaired) electrons. The Morgan fingerprint density at radius 3 is 2.60 bits per heavy atom. The lowest BCUT2D eigenvalue weighted by Gasteiger charge is -2.27. The van der Waals surface area contributed by atoms with Crippen molar-refractivity contribution in [3.8, 4) is 0 Å². The van der Waals surface area contributed by atoms with E-state index in [2.05, 4.69) is 16.8 Å². The molecule has 0 unspecified atom stereocenters. The Kier molecular flexibility index (Phi) is 5.26. The van der Waals surface area contributed by atoms with Gasteiger partial charge in [-0.2, -0.15) is 0 Å². The average molecular weight is 210 g/mol. The van der Waals surface area contributed by atoms with Gasteiger partial charge in [-0.25, -0.2) is 0 Å². The maximum Gasteiger partial charge on any atom is 0.0906 e. The molecule has 15 heavy (non-hydrogen) atoms. The summed E-state index contributed by atoms with van der Waals surface area (Å²) in [5.41, 5.74) is 1.26. The van der Waals surface area contributed by atoms with Crippen molar-refractivity contribution in [2.75, 3.05) is 20.3 Å². The molecule has 1 aromatic rings. The van der Waals surface area contributed by atoms with Crippen LogP contribution in [0.1, 0.15) is 31.4 Å². The second-order valence-electron chi connectivity index (χ2n) is 3.73. The second kappa shape index (κ2) is 6.51. The van der Waals surface area contributed by atoms with Crippen LogP contribution in [0.3, 0.4) is 0 Å². The summed E-state index contributed by atoms with van der Waals surface area (Å²) in [5, 5.41) is 0. The van der Waals surface area contributed by atoms with Crippen LogP contribution in [0.25, 0.3) is 0 Å². The maximum atomic E-state index is 12.1. The molecule has 0 fully saturated rings. The molecule has 0 saturated heterocycles. The number of aromatic nitrogens is 1. The Morgan fingerprint density at radius 1 is 1.40 bits per heavy atom. The van der Waals surface area contributed by atoms with E-state index in [0.29, 0.717) is 12.5 Å². The molecule has 0 bridgehead atoms. The van der Waals surface area contributed by atoms with Crippen LogP contribution in [0.4, 0.5) is 4.39 Å². The van der Waals surface area contributed by atoms with Gasteiger partial charge >= 0.3 is 0 Å². The third-order valence-corrected chi connectivity index (χ3v) is 2.65. The normalized spacial score (nSPS) is 13.1. The first-order chi connectivity index (χ1) is 7.29. The minimum absolute atomic E-state index is 0.239. The van der Waals surface area contributed by atoms with Crippen LogP contribution in [0.5, 0.6) is 0 Å². The third-order valence-electron chi connectivity index (χ3n) is 2.65. The number of nitrogens with zero attached hydrogens (tertiary/aromatic N) is 2. The molecule has 2 nitrogen and oxygen atoms in total. The summed E-state index contributed by atoms with van der Waals surface area (Å²) in [6, 6.07) is 4.43. The predicted molar refractivity (Wildman–Crippen MR) is 60.5 cm³/mol. The third kappa shape index (κ3) is 3.59. The Balaban J connectivity index is 2.63. The largest absolute Gasteiger partial charge is 0.299 e. The van der Waals surface area contributed by atoms with Crippen LogP contribution < -0.4 is 0 Å². The van der Waals surface area contributed by atoms with Crippen LogP contribution in [0, 0.1) is 0 Å². The van der Waals surface area contributed by atoms with Gasteiger partial charge in [-0.05, 0) is 37.6 Å². The van der Waals surface area contributed by atoms with Crippen molar-refractivity contribution in [3.05, 3.63) is 30.1 Å². The molecular formula is C12H19FN2. The summed E-state index contributed by atoms with van der Waals surface area (Å²) in [6.07, 6.45) is 5.26. The second-order valence-corrected chi connectivity index (χ2v) is 3.73. The lowest BCUT2D eigenvalue weighted by molar-refractivity contribution is 0.227. The van der Waals surface area contributed by atoms with E-state index in [1.807, 2.05) is 19.2 Å². The number of rotatable bonds is 6. The topological polar surface area (TPSA) is 16.1 Å². The molecule has 0 spiro atoms. The van der Waals surface area contributed by atoms with Crippen LogP contribution in [-0.2, 0) is 0 Å². The van der Waals surface area contributed by atoms with Crippen LogP contribution in [-0.4, -0.2) is 30.2 Å². The Hall–Kier alpha value is -0.960. The number of hydrogen-bond acceptors (Lipinski definition) is 2. The lowest BCUT2D eigenvalue weighted by Crippen LogP contribution is -2.25. The number of hydrogen-bond donors (Lipinski definition) is 0. The van der Waals surface area contributed by atoms with Crippen LogP contribution in [0.2, 0.25) is 0 Å². The van der Waals surface area contributed by atoms with Gasteiger partial charge in [0, 0.05) is 25.0 Å². The van der Waals surface area contributed by atoms with Gasteiger partial charge < -0.3 is 0 Å². The molecule has 3 heteroatoms. The number of halogens is 1. The number of alkyl halides is 1. The van der Waals surface area contributed by atoms with Gasteiger partial charge in [-0.15, -0.1) is 0 Å². The van der Waals surface area contributed by atoms with E-state index >= 15 is 0 Å². The molecule has 0 aliphatic rings. The highest BCUT2D eigenvalue weighted by molar-refractivity contribution is 5.14. The first-order valence-electron chi connectivity index (χ1n) is 5.45. The fraction of sp³-hybridized carbons (Fsp3) is 0.583. The minimum Gasteiger partial charge on any atom is -0.299 e. The summed E-state index contributed by atoms with van der Waals surface area (Å²) < 4.78 is 12.1. The minimum atomic E-state index is -0.239. The molecule has 0 amide bonds. The summed E-state index contributed by atoms with van der Waals surface area (Å²) in [6.45, 7) is 2.71. The molecule has 0 saturated carbocycles. The van der Waals surface area contributed by atoms with Crippen molar-refractivity contribution < 1.29 is 4.39 Å². The van der Waals surface area contributed by atoms with E-state index in [9.17, 15) is 4.39 Å². The molecule has 1 atom stereocenters.